The van der Waals surface area contributed by atoms with Crippen LogP contribution in [-0.2, 0) is 34.7 Å². The molecule has 4 heterocycles. The third-order valence-electron chi connectivity index (χ3n) is 7.14. The predicted molar refractivity (Wildman–Crippen MR) is 122 cm³/mol. The molecule has 0 radical (unpaired) electrons. The number of fused-ring (bicyclic) bond motifs is 5. The van der Waals surface area contributed by atoms with Crippen LogP contribution in [0.5, 0.6) is 0 Å². The molecule has 6 nitrogen and oxygen atoms in total. The largest absolute Gasteiger partial charge is 0.460 e. The number of unbranched alkanes of at least 4 members (excludes halogenated alkanes) is 2. The Hall–Kier alpha value is -3.13. The van der Waals surface area contributed by atoms with Crippen molar-refractivity contribution in [2.45, 2.75) is 71.1 Å². The fourth-order valence-electron chi connectivity index (χ4n) is 5.19. The molecular weight excluding hydrogens is 442 g/mol. The lowest BCUT2D eigenvalue weighted by Crippen LogP contribution is -2.32. The number of hydrogen-bond acceptors (Lipinski definition) is 5. The van der Waals surface area contributed by atoms with Gasteiger partial charge in [0.15, 0.2) is 11.6 Å². The summed E-state index contributed by atoms with van der Waals surface area (Å²) in [7, 11) is 0. The zero-order chi connectivity index (χ0) is 24.2. The number of aromatic nitrogens is 2. The fraction of sp³-hybridized carbons (Fsp3) is 0.423. The van der Waals surface area contributed by atoms with Gasteiger partial charge < -0.3 is 14.4 Å². The highest BCUT2D eigenvalue weighted by molar-refractivity contribution is 5.88. The standard InChI is InChI=1S/C26H26F2N2O4/c1-3-5-6-7-14-15-8-19(27)20(28)10-21(15)29-24-16(14)12-30-22(24)9-18-17(25(30)32)13-34-23(31)11-26(18,33)4-2/h8-10,33H,3-7,11-13H2,1-2H3/t26-/m1/s1. The number of halogens is 2. The van der Waals surface area contributed by atoms with Gasteiger partial charge in [-0.1, -0.05) is 26.7 Å². The van der Waals surface area contributed by atoms with Crippen molar-refractivity contribution in [3.63, 3.8) is 0 Å². The molecule has 0 aliphatic carbocycles. The zero-order valence-corrected chi connectivity index (χ0v) is 19.2. The number of pyridine rings is 2. The molecule has 1 aromatic carbocycles. The minimum atomic E-state index is -1.53. The highest BCUT2D eigenvalue weighted by Crippen LogP contribution is 2.41. The second kappa shape index (κ2) is 8.27. The van der Waals surface area contributed by atoms with Gasteiger partial charge in [-0.2, -0.15) is 0 Å². The van der Waals surface area contributed by atoms with Gasteiger partial charge in [0.25, 0.3) is 5.56 Å². The van der Waals surface area contributed by atoms with E-state index in [0.717, 1.165) is 36.5 Å². The first kappa shape index (κ1) is 22.7. The molecule has 0 unspecified atom stereocenters. The summed E-state index contributed by atoms with van der Waals surface area (Å²) in [5, 5.41) is 11.8. The van der Waals surface area contributed by atoms with E-state index in [1.54, 1.807) is 17.6 Å². The highest BCUT2D eigenvalue weighted by Gasteiger charge is 2.39. The van der Waals surface area contributed by atoms with Gasteiger partial charge >= 0.3 is 5.97 Å². The van der Waals surface area contributed by atoms with E-state index in [-0.39, 0.29) is 37.1 Å². The van der Waals surface area contributed by atoms with Gasteiger partial charge in [0.1, 0.15) is 12.2 Å². The molecule has 0 amide bonds. The van der Waals surface area contributed by atoms with Crippen LogP contribution in [0, 0.1) is 11.6 Å². The monoisotopic (exact) mass is 468 g/mol. The van der Waals surface area contributed by atoms with Crippen molar-refractivity contribution in [2.24, 2.45) is 0 Å². The molecule has 8 heteroatoms. The van der Waals surface area contributed by atoms with Crippen molar-refractivity contribution < 1.29 is 23.4 Å². The Morgan fingerprint density at radius 3 is 2.62 bits per heavy atom. The van der Waals surface area contributed by atoms with Crippen LogP contribution in [-0.4, -0.2) is 20.6 Å². The van der Waals surface area contributed by atoms with E-state index in [2.05, 4.69) is 11.9 Å². The first-order valence-corrected chi connectivity index (χ1v) is 11.7. The number of aliphatic hydroxyl groups is 1. The molecular formula is C26H26F2N2O4. The van der Waals surface area contributed by atoms with Crippen LogP contribution in [0.4, 0.5) is 8.78 Å². The van der Waals surface area contributed by atoms with Gasteiger partial charge in [-0.15, -0.1) is 0 Å². The normalized spacial score (nSPS) is 18.9. The van der Waals surface area contributed by atoms with Crippen LogP contribution in [0.15, 0.2) is 23.0 Å². The van der Waals surface area contributed by atoms with Crippen molar-refractivity contribution in [2.75, 3.05) is 0 Å². The van der Waals surface area contributed by atoms with Gasteiger partial charge in [-0.3, -0.25) is 9.59 Å². The van der Waals surface area contributed by atoms with Gasteiger partial charge in [-0.25, -0.2) is 13.8 Å². The number of nitrogens with zero attached hydrogens (tertiary/aromatic N) is 2. The van der Waals surface area contributed by atoms with Gasteiger partial charge in [0.2, 0.25) is 0 Å². The zero-order valence-electron chi connectivity index (χ0n) is 19.2. The number of cyclic esters (lactones) is 1. The summed E-state index contributed by atoms with van der Waals surface area (Å²) >= 11 is 0. The van der Waals surface area contributed by atoms with E-state index >= 15 is 0 Å². The van der Waals surface area contributed by atoms with Crippen molar-refractivity contribution >= 4 is 16.9 Å². The van der Waals surface area contributed by atoms with Crippen molar-refractivity contribution in [3.8, 4) is 11.4 Å². The summed E-state index contributed by atoms with van der Waals surface area (Å²) in [6, 6.07) is 3.99. The van der Waals surface area contributed by atoms with Crippen LogP contribution in [0.3, 0.4) is 0 Å². The number of carbonyl (C=O) groups excluding carboxylic acids is 1. The van der Waals surface area contributed by atoms with Crippen molar-refractivity contribution in [1.82, 2.24) is 9.55 Å². The Morgan fingerprint density at radius 1 is 1.12 bits per heavy atom. The van der Waals surface area contributed by atoms with Crippen LogP contribution in [0.25, 0.3) is 22.3 Å². The number of esters is 1. The minimum Gasteiger partial charge on any atom is -0.460 e. The summed E-state index contributed by atoms with van der Waals surface area (Å²) in [5.41, 5.74) is 1.76. The van der Waals surface area contributed by atoms with Gasteiger partial charge in [0.05, 0.1) is 35.4 Å². The molecule has 0 spiro atoms. The summed E-state index contributed by atoms with van der Waals surface area (Å²) in [6.07, 6.45) is 3.49. The molecule has 0 bridgehead atoms. The van der Waals surface area contributed by atoms with E-state index in [9.17, 15) is 23.5 Å². The SMILES string of the molecule is CCCCCc1c2c(nc3cc(F)c(F)cc13)-c1cc3c(c(=O)n1C2)COC(=O)C[C@]3(O)CC. The maximum Gasteiger partial charge on any atom is 0.309 e. The van der Waals surface area contributed by atoms with Crippen LogP contribution in [0.1, 0.15) is 68.2 Å². The quantitative estimate of drug-likeness (QED) is 0.345. The first-order chi connectivity index (χ1) is 16.3. The number of hydrogen-bond donors (Lipinski definition) is 1. The maximum atomic E-state index is 14.2. The molecule has 1 atom stereocenters. The summed E-state index contributed by atoms with van der Waals surface area (Å²) in [5.74, 6) is -2.47. The number of aryl methyl sites for hydroxylation is 1. The van der Waals surface area contributed by atoms with Crippen molar-refractivity contribution in [3.05, 3.63) is 62.4 Å². The van der Waals surface area contributed by atoms with Gasteiger partial charge in [-0.05, 0) is 42.5 Å². The van der Waals surface area contributed by atoms with Crippen molar-refractivity contribution in [1.29, 1.82) is 0 Å². The highest BCUT2D eigenvalue weighted by atomic mass is 19.2. The van der Waals surface area contributed by atoms with E-state index < -0.39 is 23.2 Å². The molecule has 34 heavy (non-hydrogen) atoms. The molecule has 0 saturated heterocycles. The molecule has 2 aromatic heterocycles. The van der Waals surface area contributed by atoms with E-state index in [1.165, 1.54) is 6.07 Å². The average molecular weight is 469 g/mol. The first-order valence-electron chi connectivity index (χ1n) is 11.7. The molecule has 0 fully saturated rings. The Labute approximate surface area is 195 Å². The molecule has 2 aliphatic rings. The van der Waals surface area contributed by atoms with Crippen LogP contribution >= 0.6 is 0 Å². The molecule has 1 N–H and O–H groups in total. The average Bonchev–Trinajstić information content (AvgIpc) is 3.11. The Morgan fingerprint density at radius 2 is 1.88 bits per heavy atom. The topological polar surface area (TPSA) is 81.4 Å². The van der Waals surface area contributed by atoms with E-state index in [0.29, 0.717) is 34.3 Å². The number of benzene rings is 1. The lowest BCUT2D eigenvalue weighted by molar-refractivity contribution is -0.149. The van der Waals surface area contributed by atoms with E-state index in [4.69, 9.17) is 4.74 Å². The minimum absolute atomic E-state index is 0.207. The smallest absolute Gasteiger partial charge is 0.309 e. The lowest BCUT2D eigenvalue weighted by Gasteiger charge is -2.26. The fourth-order valence-corrected chi connectivity index (χ4v) is 5.19. The number of rotatable bonds is 5. The number of ether oxygens (including phenoxy) is 1. The Balaban J connectivity index is 1.77. The molecule has 0 saturated carbocycles. The number of carbonyl (C=O) groups is 1. The summed E-state index contributed by atoms with van der Waals surface area (Å²) in [4.78, 5) is 30.3. The Kier molecular flexibility index (Phi) is 5.51. The maximum absolute atomic E-state index is 14.2. The molecule has 2 aliphatic heterocycles. The summed E-state index contributed by atoms with van der Waals surface area (Å²) < 4.78 is 35.0. The third kappa shape index (κ3) is 3.43. The second-order valence-electron chi connectivity index (χ2n) is 9.19. The van der Waals surface area contributed by atoms with Gasteiger partial charge in [0, 0.05) is 17.0 Å². The lowest BCUT2D eigenvalue weighted by atomic mass is 9.85. The third-order valence-corrected chi connectivity index (χ3v) is 7.14. The molecule has 3 aromatic rings. The van der Waals surface area contributed by atoms with Crippen LogP contribution in [0.2, 0.25) is 0 Å². The predicted octanol–water partition coefficient (Wildman–Crippen LogP) is 4.48. The molecule has 5 rings (SSSR count). The second-order valence-corrected chi connectivity index (χ2v) is 9.19. The van der Waals surface area contributed by atoms with Crippen LogP contribution < -0.4 is 5.56 Å². The Bertz CT molecular complexity index is 1400. The summed E-state index contributed by atoms with van der Waals surface area (Å²) in [6.45, 7) is 3.87. The van der Waals surface area contributed by atoms with E-state index in [1.807, 2.05) is 0 Å². The molecule has 178 valence electrons.